The van der Waals surface area contributed by atoms with Crippen LogP contribution in [-0.4, -0.2) is 44.0 Å². The minimum atomic E-state index is -0.337. The lowest BCUT2D eigenvalue weighted by molar-refractivity contribution is 0.0640. The highest BCUT2D eigenvalue weighted by Gasteiger charge is 2.28. The van der Waals surface area contributed by atoms with Gasteiger partial charge in [-0.25, -0.2) is 4.68 Å². The van der Waals surface area contributed by atoms with E-state index in [4.69, 9.17) is 21.1 Å². The molecule has 3 aromatic rings. The highest BCUT2D eigenvalue weighted by molar-refractivity contribution is 6.31. The van der Waals surface area contributed by atoms with Crippen LogP contribution in [-0.2, 0) is 6.61 Å². The van der Waals surface area contributed by atoms with Gasteiger partial charge in [0.2, 0.25) is 0 Å². The van der Waals surface area contributed by atoms with Crippen LogP contribution in [0.25, 0.3) is 11.0 Å². The number of aliphatic hydroxyl groups excluding tert-OH is 1. The van der Waals surface area contributed by atoms with E-state index < -0.39 is 0 Å². The van der Waals surface area contributed by atoms with Crippen LogP contribution in [0.15, 0.2) is 39.7 Å². The Morgan fingerprint density at radius 3 is 3.00 bits per heavy atom. The Morgan fingerprint density at radius 1 is 1.37 bits per heavy atom. The number of carbonyl (C=O) groups excluding carboxylic acids is 1. The summed E-state index contributed by atoms with van der Waals surface area (Å²) in [7, 11) is 0. The largest absolute Gasteiger partial charge is 0.451 e. The fourth-order valence-electron chi connectivity index (χ4n) is 3.31. The number of rotatable bonds is 3. The minimum Gasteiger partial charge on any atom is -0.451 e. The highest BCUT2D eigenvalue weighted by Crippen LogP contribution is 2.23. The van der Waals surface area contributed by atoms with E-state index in [0.717, 1.165) is 12.8 Å². The first-order valence-corrected chi connectivity index (χ1v) is 8.97. The van der Waals surface area contributed by atoms with Crippen LogP contribution >= 0.6 is 11.6 Å². The third-order valence-corrected chi connectivity index (χ3v) is 4.91. The number of carbonyl (C=O) groups is 1. The number of halogens is 1. The lowest BCUT2D eigenvalue weighted by Gasteiger charge is -2.32. The van der Waals surface area contributed by atoms with E-state index in [1.165, 1.54) is 12.1 Å². The van der Waals surface area contributed by atoms with Gasteiger partial charge in [-0.3, -0.25) is 9.59 Å². The van der Waals surface area contributed by atoms with Gasteiger partial charge in [-0.05, 0) is 31.0 Å². The summed E-state index contributed by atoms with van der Waals surface area (Å²) in [4.78, 5) is 26.9. The monoisotopic (exact) mass is 388 g/mol. The molecule has 0 saturated carbocycles. The summed E-state index contributed by atoms with van der Waals surface area (Å²) in [5, 5.41) is 17.8. The molecule has 0 aliphatic carbocycles. The summed E-state index contributed by atoms with van der Waals surface area (Å²) < 4.78 is 7.33. The molecular formula is C18H17ClN4O4. The number of aliphatic hydroxyl groups is 1. The normalized spacial score (nSPS) is 17.4. The molecule has 4 rings (SSSR count). The third kappa shape index (κ3) is 3.45. The molecule has 0 spiro atoms. The van der Waals surface area contributed by atoms with Crippen molar-refractivity contribution in [2.75, 3.05) is 13.1 Å². The molecule has 1 amide bonds. The van der Waals surface area contributed by atoms with E-state index >= 15 is 0 Å². The molecule has 3 heterocycles. The van der Waals surface area contributed by atoms with Crippen molar-refractivity contribution >= 4 is 28.5 Å². The van der Waals surface area contributed by atoms with Crippen molar-refractivity contribution in [1.82, 2.24) is 19.9 Å². The van der Waals surface area contributed by atoms with Gasteiger partial charge in [-0.2, -0.15) is 0 Å². The van der Waals surface area contributed by atoms with E-state index in [-0.39, 0.29) is 29.7 Å². The van der Waals surface area contributed by atoms with Gasteiger partial charge >= 0.3 is 0 Å². The fraction of sp³-hybridized carbons (Fsp3) is 0.333. The maximum Gasteiger partial charge on any atom is 0.289 e. The molecule has 1 N–H and O–H groups in total. The molecule has 1 atom stereocenters. The van der Waals surface area contributed by atoms with Crippen LogP contribution in [0.3, 0.4) is 0 Å². The Hall–Kier alpha value is -2.71. The van der Waals surface area contributed by atoms with Crippen LogP contribution in [0.4, 0.5) is 0 Å². The number of nitrogens with zero attached hydrogens (tertiary/aromatic N) is 4. The minimum absolute atomic E-state index is 0.00473. The van der Waals surface area contributed by atoms with E-state index in [0.29, 0.717) is 34.8 Å². The standard InChI is InChI=1S/C18H17ClN4O4/c19-11-3-4-16-14(6-11)15(25)7-17(27-16)18(26)22-5-1-2-13(9-22)23-8-12(10-24)20-21-23/h3-4,6-8,13,24H,1-2,5,9-10H2. The summed E-state index contributed by atoms with van der Waals surface area (Å²) in [6, 6.07) is 5.89. The first-order valence-electron chi connectivity index (χ1n) is 8.59. The van der Waals surface area contributed by atoms with Gasteiger partial charge in [0.25, 0.3) is 5.91 Å². The highest BCUT2D eigenvalue weighted by atomic mass is 35.5. The summed E-state index contributed by atoms with van der Waals surface area (Å²) in [5.74, 6) is -0.332. The Kier molecular flexibility index (Phi) is 4.67. The lowest BCUT2D eigenvalue weighted by Crippen LogP contribution is -2.41. The average Bonchev–Trinajstić information content (AvgIpc) is 3.17. The van der Waals surface area contributed by atoms with E-state index in [2.05, 4.69) is 10.3 Å². The Bertz CT molecular complexity index is 1060. The van der Waals surface area contributed by atoms with Crippen LogP contribution in [0, 0.1) is 0 Å². The van der Waals surface area contributed by atoms with Gasteiger partial charge in [-0.1, -0.05) is 16.8 Å². The van der Waals surface area contributed by atoms with Crippen molar-refractivity contribution < 1.29 is 14.3 Å². The summed E-state index contributed by atoms with van der Waals surface area (Å²) in [5.41, 5.74) is 0.504. The average molecular weight is 389 g/mol. The second-order valence-electron chi connectivity index (χ2n) is 6.51. The number of likely N-dealkylation sites (tertiary alicyclic amines) is 1. The van der Waals surface area contributed by atoms with Crippen molar-refractivity contribution in [2.45, 2.75) is 25.5 Å². The molecule has 27 heavy (non-hydrogen) atoms. The zero-order chi connectivity index (χ0) is 19.0. The Morgan fingerprint density at radius 2 is 2.22 bits per heavy atom. The molecule has 8 nitrogen and oxygen atoms in total. The van der Waals surface area contributed by atoms with E-state index in [1.807, 2.05) is 0 Å². The molecule has 1 aliphatic rings. The molecule has 0 bridgehead atoms. The van der Waals surface area contributed by atoms with Crippen LogP contribution in [0.2, 0.25) is 5.02 Å². The first kappa shape index (κ1) is 17.7. The fourth-order valence-corrected chi connectivity index (χ4v) is 3.48. The van der Waals surface area contributed by atoms with Crippen LogP contribution < -0.4 is 5.43 Å². The molecule has 1 saturated heterocycles. The van der Waals surface area contributed by atoms with E-state index in [9.17, 15) is 9.59 Å². The van der Waals surface area contributed by atoms with Gasteiger partial charge in [0.1, 0.15) is 11.3 Å². The quantitative estimate of drug-likeness (QED) is 0.736. The molecule has 1 aliphatic heterocycles. The van der Waals surface area contributed by atoms with Crippen LogP contribution in [0.5, 0.6) is 0 Å². The van der Waals surface area contributed by atoms with E-state index in [1.54, 1.807) is 27.9 Å². The summed E-state index contributed by atoms with van der Waals surface area (Å²) in [6.07, 6.45) is 3.31. The number of fused-ring (bicyclic) bond motifs is 1. The number of hydrogen-bond donors (Lipinski definition) is 1. The maximum absolute atomic E-state index is 12.9. The van der Waals surface area contributed by atoms with Crippen molar-refractivity contribution in [3.63, 3.8) is 0 Å². The molecule has 9 heteroatoms. The van der Waals surface area contributed by atoms with Crippen molar-refractivity contribution in [3.05, 3.63) is 57.2 Å². The molecule has 1 fully saturated rings. The molecule has 140 valence electrons. The SMILES string of the molecule is O=C(c1cc(=O)c2cc(Cl)ccc2o1)N1CCCC(n2cc(CO)nn2)C1. The number of hydrogen-bond acceptors (Lipinski definition) is 6. The number of aromatic nitrogens is 3. The first-order chi connectivity index (χ1) is 13.0. The smallest absolute Gasteiger partial charge is 0.289 e. The van der Waals surface area contributed by atoms with Crippen molar-refractivity contribution in [2.24, 2.45) is 0 Å². The Labute approximate surface area is 158 Å². The van der Waals surface area contributed by atoms with Crippen molar-refractivity contribution in [3.8, 4) is 0 Å². The molecule has 1 aromatic carbocycles. The van der Waals surface area contributed by atoms with Gasteiger partial charge < -0.3 is 14.4 Å². The number of benzene rings is 1. The number of piperidine rings is 1. The molecule has 0 radical (unpaired) electrons. The van der Waals surface area contributed by atoms with Crippen molar-refractivity contribution in [1.29, 1.82) is 0 Å². The predicted molar refractivity (Wildman–Crippen MR) is 97.6 cm³/mol. The second kappa shape index (κ2) is 7.13. The zero-order valence-electron chi connectivity index (χ0n) is 14.3. The Balaban J connectivity index is 1.59. The molecular weight excluding hydrogens is 372 g/mol. The number of amides is 1. The summed E-state index contributed by atoms with van der Waals surface area (Å²) in [6.45, 7) is 0.816. The van der Waals surface area contributed by atoms with Crippen LogP contribution in [0.1, 0.15) is 35.1 Å². The topological polar surface area (TPSA) is 101 Å². The zero-order valence-corrected chi connectivity index (χ0v) is 15.1. The second-order valence-corrected chi connectivity index (χ2v) is 6.95. The molecule has 1 unspecified atom stereocenters. The maximum atomic E-state index is 12.9. The van der Waals surface area contributed by atoms with Gasteiger partial charge in [0.05, 0.1) is 24.2 Å². The molecule has 2 aromatic heterocycles. The third-order valence-electron chi connectivity index (χ3n) is 4.68. The van der Waals surface area contributed by atoms with Gasteiger partial charge in [0, 0.05) is 24.2 Å². The van der Waals surface area contributed by atoms with Gasteiger partial charge in [0.15, 0.2) is 11.2 Å². The van der Waals surface area contributed by atoms with Gasteiger partial charge in [-0.15, -0.1) is 5.10 Å². The predicted octanol–water partition coefficient (Wildman–Crippen LogP) is 2.01. The lowest BCUT2D eigenvalue weighted by atomic mass is 10.1. The summed E-state index contributed by atoms with van der Waals surface area (Å²) >= 11 is 5.92.